The molecule has 21 heavy (non-hydrogen) atoms. The molecule has 1 saturated carbocycles. The first-order valence-electron chi connectivity index (χ1n) is 6.65. The normalized spacial score (nSPS) is 13.9. The highest BCUT2D eigenvalue weighted by molar-refractivity contribution is 7.99. The first-order chi connectivity index (χ1) is 10.2. The number of nitrogens with zero attached hydrogens (tertiary/aromatic N) is 4. The van der Waals surface area contributed by atoms with Gasteiger partial charge >= 0.3 is 0 Å². The Labute approximate surface area is 126 Å². The molecule has 0 atom stereocenters. The Morgan fingerprint density at radius 1 is 1.48 bits per heavy atom. The van der Waals surface area contributed by atoms with Crippen LogP contribution in [0.1, 0.15) is 30.1 Å². The van der Waals surface area contributed by atoms with E-state index in [0.29, 0.717) is 22.5 Å². The third kappa shape index (κ3) is 2.69. The molecule has 0 saturated heterocycles. The summed E-state index contributed by atoms with van der Waals surface area (Å²) in [7, 11) is 0. The highest BCUT2D eigenvalue weighted by atomic mass is 32.2. The SMILES string of the molecule is C=CCn1c(Sc2cccc(F)c2C#N)nnc1C1CC1. The highest BCUT2D eigenvalue weighted by Crippen LogP contribution is 2.41. The van der Waals surface area contributed by atoms with Gasteiger partial charge in [0.25, 0.3) is 0 Å². The highest BCUT2D eigenvalue weighted by Gasteiger charge is 2.30. The van der Waals surface area contributed by atoms with Crippen LogP contribution in [0.25, 0.3) is 0 Å². The first kappa shape index (κ1) is 13.8. The van der Waals surface area contributed by atoms with Crippen LogP contribution in [0.3, 0.4) is 0 Å². The summed E-state index contributed by atoms with van der Waals surface area (Å²) >= 11 is 1.26. The predicted octanol–water partition coefficient (Wildman–Crippen LogP) is 3.50. The molecule has 1 fully saturated rings. The topological polar surface area (TPSA) is 54.5 Å². The smallest absolute Gasteiger partial charge is 0.196 e. The van der Waals surface area contributed by atoms with Gasteiger partial charge < -0.3 is 4.57 Å². The summed E-state index contributed by atoms with van der Waals surface area (Å²) in [5, 5.41) is 18.2. The van der Waals surface area contributed by atoms with E-state index in [4.69, 9.17) is 5.26 Å². The minimum atomic E-state index is -0.514. The standard InChI is InChI=1S/C15H13FN4S/c1-2-8-20-14(10-6-7-10)18-19-15(20)21-13-5-3-4-12(16)11(13)9-17/h2-5,10H,1,6-8H2. The second-order valence-corrected chi connectivity index (χ2v) is 5.85. The summed E-state index contributed by atoms with van der Waals surface area (Å²) in [4.78, 5) is 0.553. The van der Waals surface area contributed by atoms with Crippen LogP contribution in [-0.2, 0) is 6.54 Å². The van der Waals surface area contributed by atoms with Crippen molar-refractivity contribution in [3.8, 4) is 6.07 Å². The van der Waals surface area contributed by atoms with E-state index in [0.717, 1.165) is 18.7 Å². The van der Waals surface area contributed by atoms with Gasteiger partial charge in [-0.05, 0) is 36.7 Å². The zero-order valence-electron chi connectivity index (χ0n) is 11.3. The molecule has 106 valence electrons. The number of hydrogen-bond acceptors (Lipinski definition) is 4. The Balaban J connectivity index is 1.97. The lowest BCUT2D eigenvalue weighted by atomic mass is 10.2. The van der Waals surface area contributed by atoms with Crippen molar-refractivity contribution in [3.63, 3.8) is 0 Å². The molecule has 2 aromatic rings. The van der Waals surface area contributed by atoms with E-state index < -0.39 is 5.82 Å². The summed E-state index contributed by atoms with van der Waals surface area (Å²) in [6.45, 7) is 4.36. The lowest BCUT2D eigenvalue weighted by Crippen LogP contribution is -2.02. The summed E-state index contributed by atoms with van der Waals surface area (Å²) < 4.78 is 15.6. The zero-order valence-corrected chi connectivity index (χ0v) is 12.1. The van der Waals surface area contributed by atoms with Crippen LogP contribution in [0.2, 0.25) is 0 Å². The van der Waals surface area contributed by atoms with Gasteiger partial charge in [-0.2, -0.15) is 5.26 Å². The molecule has 0 unspecified atom stereocenters. The second kappa shape index (κ2) is 5.70. The number of nitriles is 1. The van der Waals surface area contributed by atoms with Crippen LogP contribution in [0.15, 0.2) is 40.9 Å². The lowest BCUT2D eigenvalue weighted by molar-refractivity contribution is 0.619. The van der Waals surface area contributed by atoms with E-state index in [9.17, 15) is 4.39 Å². The summed E-state index contributed by atoms with van der Waals surface area (Å²) in [6, 6.07) is 6.50. The van der Waals surface area contributed by atoms with Gasteiger partial charge in [0, 0.05) is 17.4 Å². The van der Waals surface area contributed by atoms with Gasteiger partial charge in [0.05, 0.1) is 0 Å². The maximum absolute atomic E-state index is 13.7. The van der Waals surface area contributed by atoms with Crippen LogP contribution in [0.4, 0.5) is 4.39 Å². The maximum Gasteiger partial charge on any atom is 0.196 e. The zero-order chi connectivity index (χ0) is 14.8. The van der Waals surface area contributed by atoms with E-state index in [-0.39, 0.29) is 5.56 Å². The molecule has 1 aliphatic rings. The summed E-state index contributed by atoms with van der Waals surface area (Å²) in [5.74, 6) is 0.904. The van der Waals surface area contributed by atoms with Gasteiger partial charge in [-0.25, -0.2) is 4.39 Å². The van der Waals surface area contributed by atoms with E-state index in [1.165, 1.54) is 17.8 Å². The monoisotopic (exact) mass is 300 g/mol. The van der Waals surface area contributed by atoms with Crippen LogP contribution < -0.4 is 0 Å². The van der Waals surface area contributed by atoms with Crippen LogP contribution in [-0.4, -0.2) is 14.8 Å². The molecule has 0 radical (unpaired) electrons. The third-order valence-corrected chi connectivity index (χ3v) is 4.33. The molecule has 0 spiro atoms. The van der Waals surface area contributed by atoms with Crippen LogP contribution >= 0.6 is 11.8 Å². The fraction of sp³-hybridized carbons (Fsp3) is 0.267. The molecule has 0 aliphatic heterocycles. The number of hydrogen-bond donors (Lipinski definition) is 0. The Bertz CT molecular complexity index is 728. The molecular formula is C15H13FN4S. The molecule has 1 aromatic carbocycles. The van der Waals surface area contributed by atoms with Gasteiger partial charge in [-0.1, -0.05) is 12.1 Å². The third-order valence-electron chi connectivity index (χ3n) is 3.29. The minimum absolute atomic E-state index is 0.0450. The van der Waals surface area contributed by atoms with Gasteiger partial charge in [0.15, 0.2) is 5.16 Å². The van der Waals surface area contributed by atoms with Crippen LogP contribution in [0, 0.1) is 17.1 Å². The molecule has 1 aromatic heterocycles. The number of aromatic nitrogens is 3. The summed E-state index contributed by atoms with van der Waals surface area (Å²) in [5.41, 5.74) is 0.0450. The van der Waals surface area contributed by atoms with Crippen molar-refractivity contribution in [3.05, 3.63) is 48.1 Å². The van der Waals surface area contributed by atoms with Crippen molar-refractivity contribution in [2.24, 2.45) is 0 Å². The Morgan fingerprint density at radius 3 is 2.95 bits per heavy atom. The fourth-order valence-electron chi connectivity index (χ4n) is 2.12. The maximum atomic E-state index is 13.7. The van der Waals surface area contributed by atoms with Crippen molar-refractivity contribution in [2.75, 3.05) is 0 Å². The van der Waals surface area contributed by atoms with E-state index in [2.05, 4.69) is 16.8 Å². The minimum Gasteiger partial charge on any atom is -0.302 e. The van der Waals surface area contributed by atoms with Crippen molar-refractivity contribution < 1.29 is 4.39 Å². The van der Waals surface area contributed by atoms with Crippen molar-refractivity contribution >= 4 is 11.8 Å². The number of halogens is 1. The van der Waals surface area contributed by atoms with E-state index in [1.807, 2.05) is 10.6 Å². The average Bonchev–Trinajstić information content (AvgIpc) is 3.24. The fourth-order valence-corrected chi connectivity index (χ4v) is 3.06. The number of benzene rings is 1. The van der Waals surface area contributed by atoms with Gasteiger partial charge in [0.2, 0.25) is 0 Å². The molecule has 6 heteroatoms. The predicted molar refractivity (Wildman–Crippen MR) is 77.4 cm³/mol. The lowest BCUT2D eigenvalue weighted by Gasteiger charge is -2.08. The molecule has 0 amide bonds. The summed E-state index contributed by atoms with van der Waals surface area (Å²) in [6.07, 6.45) is 4.04. The van der Waals surface area contributed by atoms with Gasteiger partial charge in [-0.3, -0.25) is 0 Å². The molecule has 3 rings (SSSR count). The van der Waals surface area contributed by atoms with E-state index >= 15 is 0 Å². The largest absolute Gasteiger partial charge is 0.302 e. The Morgan fingerprint density at radius 2 is 2.29 bits per heavy atom. The van der Waals surface area contributed by atoms with E-state index in [1.54, 1.807) is 18.2 Å². The Kier molecular flexibility index (Phi) is 3.76. The van der Waals surface area contributed by atoms with Crippen LogP contribution in [0.5, 0.6) is 0 Å². The van der Waals surface area contributed by atoms with Crippen molar-refractivity contribution in [1.29, 1.82) is 5.26 Å². The van der Waals surface area contributed by atoms with Crippen molar-refractivity contribution in [1.82, 2.24) is 14.8 Å². The van der Waals surface area contributed by atoms with Gasteiger partial charge in [0.1, 0.15) is 23.3 Å². The second-order valence-electron chi connectivity index (χ2n) is 4.84. The first-order valence-corrected chi connectivity index (χ1v) is 7.46. The Hall–Kier alpha value is -2.13. The molecule has 4 nitrogen and oxygen atoms in total. The molecule has 1 heterocycles. The average molecular weight is 300 g/mol. The number of allylic oxidation sites excluding steroid dienone is 1. The van der Waals surface area contributed by atoms with Gasteiger partial charge in [-0.15, -0.1) is 16.8 Å². The molecule has 0 N–H and O–H groups in total. The molecule has 0 bridgehead atoms. The molecule has 1 aliphatic carbocycles. The molecular weight excluding hydrogens is 287 g/mol. The number of rotatable bonds is 5. The van der Waals surface area contributed by atoms with Crippen molar-refractivity contribution in [2.45, 2.75) is 35.4 Å². The quantitative estimate of drug-likeness (QED) is 0.793.